The van der Waals surface area contributed by atoms with Crippen molar-refractivity contribution in [3.63, 3.8) is 0 Å². The molecule has 5 rings (SSSR count). The highest BCUT2D eigenvalue weighted by Gasteiger charge is 2.35. The molecule has 1 amide bonds. The normalized spacial score (nSPS) is 29.8. The highest BCUT2D eigenvalue weighted by molar-refractivity contribution is 6.08. The molecule has 178 valence electrons. The summed E-state index contributed by atoms with van der Waals surface area (Å²) in [5.41, 5.74) is 3.09. The lowest BCUT2D eigenvalue weighted by atomic mass is 9.86. The molecule has 3 aliphatic heterocycles. The van der Waals surface area contributed by atoms with Gasteiger partial charge in [0.25, 0.3) is 0 Å². The maximum absolute atomic E-state index is 13.9. The first-order valence-electron chi connectivity index (χ1n) is 12.4. The van der Waals surface area contributed by atoms with Crippen molar-refractivity contribution in [2.45, 2.75) is 45.1 Å². The summed E-state index contributed by atoms with van der Waals surface area (Å²) in [6.07, 6.45) is 8.84. The van der Waals surface area contributed by atoms with Crippen molar-refractivity contribution in [2.75, 3.05) is 55.1 Å². The van der Waals surface area contributed by atoms with E-state index in [1.54, 1.807) is 7.11 Å². The second kappa shape index (κ2) is 9.85. The molecule has 7 nitrogen and oxygen atoms in total. The van der Waals surface area contributed by atoms with E-state index in [0.29, 0.717) is 12.5 Å². The number of anilines is 3. The highest BCUT2D eigenvalue weighted by Crippen LogP contribution is 2.38. The molecular weight excluding hydrogens is 416 g/mol. The Morgan fingerprint density at radius 3 is 2.88 bits per heavy atom. The Labute approximate surface area is 196 Å². The number of nitrogens with zero attached hydrogens (tertiary/aromatic N) is 3. The van der Waals surface area contributed by atoms with Crippen molar-refractivity contribution in [1.29, 1.82) is 0 Å². The maximum Gasteiger partial charge on any atom is 0.230 e. The number of amides is 1. The van der Waals surface area contributed by atoms with E-state index >= 15 is 0 Å². The average Bonchev–Trinajstić information content (AvgIpc) is 3.17. The molecule has 0 aromatic heterocycles. The second-order valence-electron chi connectivity index (χ2n) is 9.94. The zero-order valence-electron chi connectivity index (χ0n) is 19.8. The zero-order valence-corrected chi connectivity index (χ0v) is 19.8. The molecule has 33 heavy (non-hydrogen) atoms. The number of hydrogen-bond donors (Lipinski definition) is 1. The standard InChI is InChI=1S/C26H36N4O3/c1-18-15-29(12-13-33-17-18)21-7-10-23-24(14-21)30(16-20-4-3-11-27-25(20)28-23)26(31)19-5-8-22(32-2)9-6-19/h3,7,10-11,14,18-20,22H,4-6,8-9,12-13,15-17H2,1-2H3,(H,27,28)/t18?,19-,20?,22-. The summed E-state index contributed by atoms with van der Waals surface area (Å²) < 4.78 is 11.3. The van der Waals surface area contributed by atoms with Crippen molar-refractivity contribution in [3.05, 3.63) is 30.5 Å². The van der Waals surface area contributed by atoms with Crippen LogP contribution >= 0.6 is 0 Å². The molecule has 1 aliphatic carbocycles. The molecule has 0 bridgehead atoms. The lowest BCUT2D eigenvalue weighted by Crippen LogP contribution is -2.42. The Kier molecular flexibility index (Phi) is 6.69. The van der Waals surface area contributed by atoms with Gasteiger partial charge in [-0.25, -0.2) is 4.99 Å². The molecule has 4 aliphatic rings. The van der Waals surface area contributed by atoms with Crippen LogP contribution in [0.3, 0.4) is 0 Å². The minimum atomic E-state index is 0.0529. The van der Waals surface area contributed by atoms with Crippen LogP contribution in [0, 0.1) is 17.8 Å². The smallest absolute Gasteiger partial charge is 0.230 e. The number of carbonyl (C=O) groups is 1. The first-order valence-corrected chi connectivity index (χ1v) is 12.4. The van der Waals surface area contributed by atoms with Crippen LogP contribution in [0.4, 0.5) is 17.1 Å². The van der Waals surface area contributed by atoms with E-state index in [2.05, 4.69) is 46.4 Å². The van der Waals surface area contributed by atoms with Gasteiger partial charge in [0, 0.05) is 50.5 Å². The van der Waals surface area contributed by atoms with E-state index in [0.717, 1.165) is 81.3 Å². The summed E-state index contributed by atoms with van der Waals surface area (Å²) in [4.78, 5) is 23.0. The van der Waals surface area contributed by atoms with Crippen LogP contribution < -0.4 is 15.1 Å². The summed E-state index contributed by atoms with van der Waals surface area (Å²) in [6, 6.07) is 6.48. The van der Waals surface area contributed by atoms with E-state index < -0.39 is 0 Å². The fraction of sp³-hybridized carbons (Fsp3) is 0.615. The summed E-state index contributed by atoms with van der Waals surface area (Å²) in [7, 11) is 1.78. The Balaban J connectivity index is 1.47. The topological polar surface area (TPSA) is 66.4 Å². The predicted octanol–water partition coefficient (Wildman–Crippen LogP) is 4.06. The molecule has 1 aromatic rings. The summed E-state index contributed by atoms with van der Waals surface area (Å²) in [5, 5.41) is 3.56. The van der Waals surface area contributed by atoms with Gasteiger partial charge in [-0.15, -0.1) is 0 Å². The molecule has 2 atom stereocenters. The second-order valence-corrected chi connectivity index (χ2v) is 9.94. The number of rotatable bonds is 3. The number of fused-ring (bicyclic) bond motifs is 2. The number of hydrogen-bond acceptors (Lipinski definition) is 6. The first-order chi connectivity index (χ1) is 16.1. The number of ether oxygens (including phenoxy) is 2. The third-order valence-electron chi connectivity index (χ3n) is 7.49. The van der Waals surface area contributed by atoms with Crippen molar-refractivity contribution in [2.24, 2.45) is 22.7 Å². The Morgan fingerprint density at radius 1 is 1.21 bits per heavy atom. The molecule has 2 fully saturated rings. The predicted molar refractivity (Wildman–Crippen MR) is 132 cm³/mol. The third kappa shape index (κ3) is 4.80. The quantitative estimate of drug-likeness (QED) is 0.749. The van der Waals surface area contributed by atoms with Gasteiger partial charge in [-0.2, -0.15) is 0 Å². The van der Waals surface area contributed by atoms with Crippen LogP contribution in [0.25, 0.3) is 0 Å². The molecule has 0 spiro atoms. The summed E-state index contributed by atoms with van der Waals surface area (Å²) >= 11 is 0. The lowest BCUT2D eigenvalue weighted by Gasteiger charge is -2.33. The Morgan fingerprint density at radius 2 is 2.06 bits per heavy atom. The Hall–Kier alpha value is -2.38. The lowest BCUT2D eigenvalue weighted by molar-refractivity contribution is -0.124. The van der Waals surface area contributed by atoms with Crippen molar-refractivity contribution in [3.8, 4) is 0 Å². The number of aliphatic imine (C=N–C) groups is 1. The van der Waals surface area contributed by atoms with E-state index in [9.17, 15) is 4.79 Å². The SMILES string of the molecule is CO[C@H]1CC[C@H](C(=O)N2CC3CC=CN=C3Nc3ccc(N4CCOCC(C)C4)cc32)CC1. The van der Waals surface area contributed by atoms with Gasteiger partial charge < -0.3 is 24.6 Å². The zero-order chi connectivity index (χ0) is 22.8. The Bertz CT molecular complexity index is 922. The number of allylic oxidation sites excluding steroid dienone is 1. The van der Waals surface area contributed by atoms with E-state index in [-0.39, 0.29) is 23.8 Å². The van der Waals surface area contributed by atoms with Crippen LogP contribution in [0.1, 0.15) is 39.0 Å². The monoisotopic (exact) mass is 452 g/mol. The van der Waals surface area contributed by atoms with Crippen LogP contribution in [-0.4, -0.2) is 57.8 Å². The van der Waals surface area contributed by atoms with Gasteiger partial charge in [0.15, 0.2) is 0 Å². The molecular formula is C26H36N4O3. The molecule has 2 unspecified atom stereocenters. The third-order valence-corrected chi connectivity index (χ3v) is 7.49. The van der Waals surface area contributed by atoms with Crippen molar-refractivity contribution < 1.29 is 14.3 Å². The maximum atomic E-state index is 13.9. The van der Waals surface area contributed by atoms with E-state index in [1.165, 1.54) is 0 Å². The van der Waals surface area contributed by atoms with Gasteiger partial charge in [0.1, 0.15) is 5.84 Å². The van der Waals surface area contributed by atoms with Gasteiger partial charge >= 0.3 is 0 Å². The minimum Gasteiger partial charge on any atom is -0.381 e. The van der Waals surface area contributed by atoms with Crippen LogP contribution in [0.5, 0.6) is 0 Å². The van der Waals surface area contributed by atoms with Crippen LogP contribution in [0.2, 0.25) is 0 Å². The van der Waals surface area contributed by atoms with E-state index in [1.807, 2.05) is 11.1 Å². The molecule has 1 saturated carbocycles. The van der Waals surface area contributed by atoms with Gasteiger partial charge in [0.05, 0.1) is 30.7 Å². The van der Waals surface area contributed by atoms with Gasteiger partial charge in [-0.05, 0) is 56.2 Å². The fourth-order valence-electron chi connectivity index (χ4n) is 5.56. The molecule has 1 saturated heterocycles. The molecule has 1 aromatic carbocycles. The van der Waals surface area contributed by atoms with Gasteiger partial charge in [-0.3, -0.25) is 4.79 Å². The van der Waals surface area contributed by atoms with Crippen molar-refractivity contribution in [1.82, 2.24) is 0 Å². The van der Waals surface area contributed by atoms with Gasteiger partial charge in [-0.1, -0.05) is 13.0 Å². The summed E-state index contributed by atoms with van der Waals surface area (Å²) in [6.45, 7) is 6.24. The number of methoxy groups -OCH3 is 1. The van der Waals surface area contributed by atoms with E-state index in [4.69, 9.17) is 9.47 Å². The summed E-state index contributed by atoms with van der Waals surface area (Å²) in [5.74, 6) is 1.92. The number of amidine groups is 1. The molecule has 0 radical (unpaired) electrons. The van der Waals surface area contributed by atoms with Crippen LogP contribution in [0.15, 0.2) is 35.5 Å². The fourth-order valence-corrected chi connectivity index (χ4v) is 5.56. The van der Waals surface area contributed by atoms with Gasteiger partial charge in [0.2, 0.25) is 5.91 Å². The number of nitrogens with one attached hydrogen (secondary N) is 1. The van der Waals surface area contributed by atoms with Crippen LogP contribution in [-0.2, 0) is 14.3 Å². The number of benzene rings is 1. The first kappa shape index (κ1) is 22.4. The highest BCUT2D eigenvalue weighted by atomic mass is 16.5. The molecule has 1 N–H and O–H groups in total. The molecule has 7 heteroatoms. The average molecular weight is 453 g/mol. The largest absolute Gasteiger partial charge is 0.381 e. The van der Waals surface area contributed by atoms with Crippen molar-refractivity contribution >= 4 is 28.8 Å². The molecule has 3 heterocycles. The minimum absolute atomic E-state index is 0.0529. The number of carbonyl (C=O) groups excluding carboxylic acids is 1.